The van der Waals surface area contributed by atoms with E-state index in [1.807, 2.05) is 26.8 Å². The zero-order valence-corrected chi connectivity index (χ0v) is 17.8. The molecule has 0 amide bonds. The van der Waals surface area contributed by atoms with Gasteiger partial charge in [0, 0.05) is 17.5 Å². The minimum absolute atomic E-state index is 0.290. The summed E-state index contributed by atoms with van der Waals surface area (Å²) in [7, 11) is 0. The second-order valence-corrected chi connectivity index (χ2v) is 10.7. The zero-order chi connectivity index (χ0) is 20.6. The van der Waals surface area contributed by atoms with Crippen LogP contribution in [-0.2, 0) is 4.79 Å². The Morgan fingerprint density at radius 2 is 1.78 bits per heavy atom. The normalized spacial score (nSPS) is 20.7. The quantitative estimate of drug-likeness (QED) is 0.618. The van der Waals surface area contributed by atoms with Crippen LogP contribution in [0.4, 0.5) is 11.4 Å². The maximum absolute atomic E-state index is 11.5. The van der Waals surface area contributed by atoms with Crippen molar-refractivity contribution in [3.05, 3.63) is 18.2 Å². The van der Waals surface area contributed by atoms with Gasteiger partial charge in [-0.15, -0.1) is 0 Å². The van der Waals surface area contributed by atoms with Crippen molar-refractivity contribution in [2.45, 2.75) is 79.9 Å². The molecule has 5 nitrogen and oxygen atoms in total. The number of aliphatic carboxylic acids is 1. The van der Waals surface area contributed by atoms with Gasteiger partial charge in [-0.1, -0.05) is 48.5 Å². The van der Waals surface area contributed by atoms with Crippen LogP contribution < -0.4 is 15.8 Å². The lowest BCUT2D eigenvalue weighted by molar-refractivity contribution is -0.150. The molecule has 1 saturated carbocycles. The fourth-order valence-corrected chi connectivity index (χ4v) is 4.65. The summed E-state index contributed by atoms with van der Waals surface area (Å²) in [6.45, 7) is 14.8. The van der Waals surface area contributed by atoms with Gasteiger partial charge in [0.1, 0.15) is 5.75 Å². The molecule has 4 N–H and O–H groups in total. The molecule has 1 aliphatic carbocycles. The van der Waals surface area contributed by atoms with E-state index in [4.69, 9.17) is 10.5 Å². The Morgan fingerprint density at radius 3 is 2.22 bits per heavy atom. The number of carboxylic acids is 1. The van der Waals surface area contributed by atoms with Crippen LogP contribution in [0.3, 0.4) is 0 Å². The van der Waals surface area contributed by atoms with Crippen molar-refractivity contribution in [1.29, 1.82) is 0 Å². The third-order valence-corrected chi connectivity index (χ3v) is 5.20. The van der Waals surface area contributed by atoms with Crippen LogP contribution in [-0.4, -0.2) is 23.2 Å². The van der Waals surface area contributed by atoms with Crippen molar-refractivity contribution in [3.8, 4) is 5.75 Å². The second-order valence-electron chi connectivity index (χ2n) is 10.7. The summed E-state index contributed by atoms with van der Waals surface area (Å²) in [5.41, 5.74) is 7.76. The molecule has 1 aliphatic rings. The lowest BCUT2D eigenvalue weighted by Gasteiger charge is -2.45. The van der Waals surface area contributed by atoms with E-state index in [1.54, 1.807) is 12.1 Å². The zero-order valence-electron chi connectivity index (χ0n) is 17.8. The minimum Gasteiger partial charge on any atom is -0.478 e. The highest BCUT2D eigenvalue weighted by molar-refractivity contribution is 5.74. The molecule has 27 heavy (non-hydrogen) atoms. The molecule has 0 bridgehead atoms. The number of hydrogen-bond acceptors (Lipinski definition) is 4. The minimum atomic E-state index is -0.977. The SMILES string of the molecule is CC1(C)CC(Nc2ccc(OC(C(=O)O)C(C)(C)C)cc2N)CC(C)(C)C1. The van der Waals surface area contributed by atoms with Crippen molar-refractivity contribution < 1.29 is 14.6 Å². The van der Waals surface area contributed by atoms with Gasteiger partial charge in [0.25, 0.3) is 0 Å². The highest BCUT2D eigenvalue weighted by atomic mass is 16.5. The fourth-order valence-electron chi connectivity index (χ4n) is 4.65. The van der Waals surface area contributed by atoms with E-state index >= 15 is 0 Å². The average Bonchev–Trinajstić information content (AvgIpc) is 2.42. The first-order valence-corrected chi connectivity index (χ1v) is 9.74. The van der Waals surface area contributed by atoms with Gasteiger partial charge in [0.2, 0.25) is 0 Å². The summed E-state index contributed by atoms with van der Waals surface area (Å²) < 4.78 is 5.73. The molecule has 0 saturated heterocycles. The predicted octanol–water partition coefficient (Wildman–Crippen LogP) is 5.16. The molecule has 1 unspecified atom stereocenters. The molecule has 1 fully saturated rings. The van der Waals surface area contributed by atoms with Gasteiger partial charge in [-0.05, 0) is 42.2 Å². The number of anilines is 2. The molecule has 5 heteroatoms. The summed E-state index contributed by atoms with van der Waals surface area (Å²) in [5, 5.41) is 13.0. The third-order valence-electron chi connectivity index (χ3n) is 5.20. The number of benzene rings is 1. The van der Waals surface area contributed by atoms with E-state index in [9.17, 15) is 9.90 Å². The van der Waals surface area contributed by atoms with E-state index in [0.717, 1.165) is 18.5 Å². The molecule has 0 aromatic heterocycles. The average molecular weight is 377 g/mol. The number of rotatable bonds is 5. The van der Waals surface area contributed by atoms with Gasteiger partial charge >= 0.3 is 5.97 Å². The fraction of sp³-hybridized carbons (Fsp3) is 0.682. The molecule has 0 spiro atoms. The standard InChI is InChI=1S/C22H36N2O3/c1-20(2,3)18(19(25)26)27-15-8-9-17(16(23)10-15)24-14-11-21(4,5)13-22(6,7)12-14/h8-10,14,18,24H,11-13,23H2,1-7H3,(H,25,26). The largest absolute Gasteiger partial charge is 0.478 e. The molecule has 152 valence electrons. The van der Waals surface area contributed by atoms with E-state index in [1.165, 1.54) is 6.42 Å². The first-order chi connectivity index (χ1) is 12.2. The van der Waals surface area contributed by atoms with E-state index < -0.39 is 17.5 Å². The molecule has 1 aromatic rings. The van der Waals surface area contributed by atoms with E-state index in [0.29, 0.717) is 28.3 Å². The van der Waals surface area contributed by atoms with Crippen molar-refractivity contribution in [2.75, 3.05) is 11.1 Å². The number of carboxylic acid groups (broad SMARTS) is 1. The maximum atomic E-state index is 11.5. The van der Waals surface area contributed by atoms with Crippen LogP contribution >= 0.6 is 0 Å². The summed E-state index contributed by atoms with van der Waals surface area (Å²) in [4.78, 5) is 11.5. The molecule has 1 aromatic carbocycles. The third kappa shape index (κ3) is 5.78. The van der Waals surface area contributed by atoms with Gasteiger partial charge in [0.15, 0.2) is 6.10 Å². The van der Waals surface area contributed by atoms with Gasteiger partial charge in [-0.3, -0.25) is 0 Å². The van der Waals surface area contributed by atoms with Crippen molar-refractivity contribution in [3.63, 3.8) is 0 Å². The second kappa shape index (κ2) is 7.25. The van der Waals surface area contributed by atoms with Gasteiger partial charge < -0.3 is 20.9 Å². The molecule has 2 rings (SSSR count). The monoisotopic (exact) mass is 376 g/mol. The molecular weight excluding hydrogens is 340 g/mol. The molecule has 1 atom stereocenters. The van der Waals surface area contributed by atoms with Crippen LogP contribution in [0.2, 0.25) is 0 Å². The Balaban J connectivity index is 2.14. The maximum Gasteiger partial charge on any atom is 0.345 e. The Labute approximate surface area is 163 Å². The summed E-state index contributed by atoms with van der Waals surface area (Å²) >= 11 is 0. The number of carbonyl (C=O) groups is 1. The van der Waals surface area contributed by atoms with Crippen molar-refractivity contribution >= 4 is 17.3 Å². The smallest absolute Gasteiger partial charge is 0.345 e. The first-order valence-electron chi connectivity index (χ1n) is 9.74. The lowest BCUT2D eigenvalue weighted by Crippen LogP contribution is -2.40. The van der Waals surface area contributed by atoms with Gasteiger partial charge in [-0.25, -0.2) is 4.79 Å². The first kappa shape index (κ1) is 21.4. The Bertz CT molecular complexity index is 673. The highest BCUT2D eigenvalue weighted by Gasteiger charge is 2.38. The lowest BCUT2D eigenvalue weighted by atomic mass is 9.63. The summed E-state index contributed by atoms with van der Waals surface area (Å²) in [5.74, 6) is -0.500. The number of nitrogens with one attached hydrogen (secondary N) is 1. The van der Waals surface area contributed by atoms with E-state index in [-0.39, 0.29) is 0 Å². The van der Waals surface area contributed by atoms with Crippen LogP contribution in [0.15, 0.2) is 18.2 Å². The molecule has 0 radical (unpaired) electrons. The van der Waals surface area contributed by atoms with E-state index in [2.05, 4.69) is 33.0 Å². The number of hydrogen-bond donors (Lipinski definition) is 3. The van der Waals surface area contributed by atoms with Crippen LogP contribution in [0.5, 0.6) is 5.75 Å². The summed E-state index contributed by atoms with van der Waals surface area (Å²) in [6, 6.07) is 5.75. The number of ether oxygens (including phenoxy) is 1. The number of nitrogen functional groups attached to an aromatic ring is 1. The molecular formula is C22H36N2O3. The van der Waals surface area contributed by atoms with Crippen molar-refractivity contribution in [1.82, 2.24) is 0 Å². The van der Waals surface area contributed by atoms with Gasteiger partial charge in [0.05, 0.1) is 11.4 Å². The van der Waals surface area contributed by atoms with Crippen LogP contribution in [0.1, 0.15) is 67.7 Å². The number of nitrogens with two attached hydrogens (primary N) is 1. The molecule has 0 heterocycles. The Hall–Kier alpha value is -1.91. The topological polar surface area (TPSA) is 84.6 Å². The summed E-state index contributed by atoms with van der Waals surface area (Å²) in [6.07, 6.45) is 2.47. The predicted molar refractivity (Wildman–Crippen MR) is 111 cm³/mol. The Kier molecular flexibility index (Phi) is 5.74. The van der Waals surface area contributed by atoms with Crippen LogP contribution in [0.25, 0.3) is 0 Å². The molecule has 0 aliphatic heterocycles. The van der Waals surface area contributed by atoms with Crippen LogP contribution in [0, 0.1) is 16.2 Å². The Morgan fingerprint density at radius 1 is 1.22 bits per heavy atom. The van der Waals surface area contributed by atoms with Crippen molar-refractivity contribution in [2.24, 2.45) is 16.2 Å². The van der Waals surface area contributed by atoms with Gasteiger partial charge in [-0.2, -0.15) is 0 Å². The highest BCUT2D eigenvalue weighted by Crippen LogP contribution is 2.46.